The highest BCUT2D eigenvalue weighted by atomic mass is 16.5. The van der Waals surface area contributed by atoms with E-state index in [9.17, 15) is 9.90 Å². The van der Waals surface area contributed by atoms with E-state index < -0.39 is 5.97 Å². The molecule has 8 nitrogen and oxygen atoms in total. The lowest BCUT2D eigenvalue weighted by Gasteiger charge is -2.22. The first-order valence-corrected chi connectivity index (χ1v) is 12.4. The minimum absolute atomic E-state index is 0.0429. The second kappa shape index (κ2) is 9.33. The van der Waals surface area contributed by atoms with Crippen molar-refractivity contribution in [1.82, 2.24) is 19.7 Å². The lowest BCUT2D eigenvalue weighted by atomic mass is 9.95. The molecule has 1 unspecified atom stereocenters. The third-order valence-corrected chi connectivity index (χ3v) is 7.24. The number of anilines is 1. The SMILES string of the molecule is COC1CCN(c2ccc(-c3cc(C(=O)O)nc4c3c(C(C)C)nn4C3CCCCC3)cn2)C1. The number of nitrogens with zero attached hydrogens (tertiary/aromatic N) is 5. The minimum Gasteiger partial charge on any atom is -0.477 e. The molecule has 1 aliphatic carbocycles. The van der Waals surface area contributed by atoms with E-state index in [2.05, 4.69) is 23.7 Å². The first kappa shape index (κ1) is 22.8. The summed E-state index contributed by atoms with van der Waals surface area (Å²) in [6, 6.07) is 5.99. The number of methoxy groups -OCH3 is 1. The zero-order valence-corrected chi connectivity index (χ0v) is 20.2. The summed E-state index contributed by atoms with van der Waals surface area (Å²) in [7, 11) is 1.75. The van der Waals surface area contributed by atoms with Gasteiger partial charge in [0.2, 0.25) is 0 Å². The zero-order chi connectivity index (χ0) is 23.8. The molecule has 3 aromatic rings. The summed E-state index contributed by atoms with van der Waals surface area (Å²) in [5.41, 5.74) is 3.40. The second-order valence-electron chi connectivity index (χ2n) is 9.83. The van der Waals surface area contributed by atoms with Crippen LogP contribution in [-0.2, 0) is 4.74 Å². The Bertz CT molecular complexity index is 1180. The van der Waals surface area contributed by atoms with Gasteiger partial charge >= 0.3 is 5.97 Å². The normalized spacial score (nSPS) is 19.4. The smallest absolute Gasteiger partial charge is 0.354 e. The largest absolute Gasteiger partial charge is 0.477 e. The quantitative estimate of drug-likeness (QED) is 0.547. The van der Waals surface area contributed by atoms with Gasteiger partial charge in [-0.15, -0.1) is 0 Å². The predicted molar refractivity (Wildman–Crippen MR) is 132 cm³/mol. The van der Waals surface area contributed by atoms with E-state index in [1.54, 1.807) is 13.2 Å². The predicted octanol–water partition coefficient (Wildman–Crippen LogP) is 5.05. The summed E-state index contributed by atoms with van der Waals surface area (Å²) in [6.07, 6.45) is 8.75. The molecule has 4 heterocycles. The van der Waals surface area contributed by atoms with Crippen LogP contribution in [0.2, 0.25) is 0 Å². The number of fused-ring (bicyclic) bond motifs is 1. The molecule has 0 aromatic carbocycles. The summed E-state index contributed by atoms with van der Waals surface area (Å²) in [4.78, 5) is 23.6. The number of carboxylic acid groups (broad SMARTS) is 1. The molecule has 34 heavy (non-hydrogen) atoms. The Morgan fingerprint density at radius 2 is 1.97 bits per heavy atom. The average Bonchev–Trinajstić information content (AvgIpc) is 3.49. The van der Waals surface area contributed by atoms with Crippen molar-refractivity contribution >= 4 is 22.8 Å². The third-order valence-electron chi connectivity index (χ3n) is 7.24. The van der Waals surface area contributed by atoms with Crippen LogP contribution in [0.4, 0.5) is 5.82 Å². The molecule has 1 aliphatic heterocycles. The van der Waals surface area contributed by atoms with Crippen LogP contribution in [-0.4, -0.2) is 57.1 Å². The minimum atomic E-state index is -1.03. The number of hydrogen-bond donors (Lipinski definition) is 1. The number of aromatic carboxylic acids is 1. The van der Waals surface area contributed by atoms with Crippen molar-refractivity contribution in [3.8, 4) is 11.1 Å². The van der Waals surface area contributed by atoms with E-state index in [1.165, 1.54) is 19.3 Å². The fraction of sp³-hybridized carbons (Fsp3) is 0.538. The summed E-state index contributed by atoms with van der Waals surface area (Å²) < 4.78 is 7.50. The summed E-state index contributed by atoms with van der Waals surface area (Å²) in [6.45, 7) is 6.00. The van der Waals surface area contributed by atoms with E-state index in [0.29, 0.717) is 5.65 Å². The van der Waals surface area contributed by atoms with Gasteiger partial charge in [0.15, 0.2) is 11.3 Å². The topological polar surface area (TPSA) is 93.4 Å². The Labute approximate surface area is 200 Å². The molecular formula is C26H33N5O3. The van der Waals surface area contributed by atoms with Crippen molar-refractivity contribution in [3.63, 3.8) is 0 Å². The number of carbonyl (C=O) groups is 1. The standard InChI is InChI=1S/C26H33N5O3/c1-16(2)24-23-20(17-9-10-22(27-14-17)30-12-11-19(15-30)34-3)13-21(26(32)33)28-25(23)31(29-24)18-7-5-4-6-8-18/h9-10,13-14,16,18-19H,4-8,11-12,15H2,1-3H3,(H,32,33). The molecule has 0 spiro atoms. The Balaban J connectivity index is 1.62. The van der Waals surface area contributed by atoms with Crippen molar-refractivity contribution in [2.24, 2.45) is 0 Å². The molecule has 1 N–H and O–H groups in total. The molecular weight excluding hydrogens is 430 g/mol. The van der Waals surface area contributed by atoms with Gasteiger partial charge < -0.3 is 14.7 Å². The van der Waals surface area contributed by atoms with Crippen LogP contribution < -0.4 is 4.90 Å². The van der Waals surface area contributed by atoms with Crippen molar-refractivity contribution in [1.29, 1.82) is 0 Å². The maximum absolute atomic E-state index is 12.0. The van der Waals surface area contributed by atoms with Crippen LogP contribution in [0.25, 0.3) is 22.2 Å². The van der Waals surface area contributed by atoms with Crippen molar-refractivity contribution in [3.05, 3.63) is 35.8 Å². The first-order chi connectivity index (χ1) is 16.5. The lowest BCUT2D eigenvalue weighted by Crippen LogP contribution is -2.22. The monoisotopic (exact) mass is 463 g/mol. The molecule has 0 radical (unpaired) electrons. The number of rotatable bonds is 6. The number of hydrogen-bond acceptors (Lipinski definition) is 6. The van der Waals surface area contributed by atoms with Crippen LogP contribution in [0.5, 0.6) is 0 Å². The van der Waals surface area contributed by atoms with Gasteiger partial charge in [-0.25, -0.2) is 19.4 Å². The average molecular weight is 464 g/mol. The van der Waals surface area contributed by atoms with E-state index in [-0.39, 0.29) is 23.8 Å². The summed E-state index contributed by atoms with van der Waals surface area (Å²) >= 11 is 0. The van der Waals surface area contributed by atoms with E-state index >= 15 is 0 Å². The molecule has 1 atom stereocenters. The van der Waals surface area contributed by atoms with Gasteiger partial charge in [0.1, 0.15) is 5.82 Å². The number of carboxylic acids is 1. The van der Waals surface area contributed by atoms with Gasteiger partial charge in [-0.05, 0) is 48.9 Å². The van der Waals surface area contributed by atoms with Crippen LogP contribution in [0.3, 0.4) is 0 Å². The van der Waals surface area contributed by atoms with Gasteiger partial charge in [0.25, 0.3) is 0 Å². The van der Waals surface area contributed by atoms with Gasteiger partial charge in [0, 0.05) is 32.0 Å². The van der Waals surface area contributed by atoms with Crippen molar-refractivity contribution < 1.29 is 14.6 Å². The van der Waals surface area contributed by atoms with Crippen LogP contribution in [0, 0.1) is 0 Å². The second-order valence-corrected chi connectivity index (χ2v) is 9.83. The Morgan fingerprint density at radius 1 is 1.18 bits per heavy atom. The van der Waals surface area contributed by atoms with Crippen LogP contribution >= 0.6 is 0 Å². The highest BCUT2D eigenvalue weighted by Gasteiger charge is 2.27. The Morgan fingerprint density at radius 3 is 2.59 bits per heavy atom. The molecule has 2 aliphatic rings. The molecule has 2 fully saturated rings. The molecule has 5 rings (SSSR count). The van der Waals surface area contributed by atoms with Crippen LogP contribution in [0.1, 0.15) is 80.5 Å². The molecule has 1 saturated heterocycles. The summed E-state index contributed by atoms with van der Waals surface area (Å²) in [5.74, 6) is 0.0679. The van der Waals surface area contributed by atoms with Gasteiger partial charge in [-0.3, -0.25) is 0 Å². The third kappa shape index (κ3) is 4.15. The zero-order valence-electron chi connectivity index (χ0n) is 20.2. The highest BCUT2D eigenvalue weighted by Crippen LogP contribution is 2.38. The van der Waals surface area contributed by atoms with Crippen LogP contribution in [0.15, 0.2) is 24.4 Å². The van der Waals surface area contributed by atoms with Gasteiger partial charge in [0.05, 0.1) is 23.2 Å². The number of ether oxygens (including phenoxy) is 1. The first-order valence-electron chi connectivity index (χ1n) is 12.4. The number of aromatic nitrogens is 4. The highest BCUT2D eigenvalue weighted by molar-refractivity contribution is 5.99. The van der Waals surface area contributed by atoms with E-state index in [0.717, 1.165) is 60.4 Å². The Hall–Kier alpha value is -3.00. The molecule has 3 aromatic heterocycles. The molecule has 1 saturated carbocycles. The Kier molecular flexibility index (Phi) is 6.25. The fourth-order valence-corrected chi connectivity index (χ4v) is 5.35. The lowest BCUT2D eigenvalue weighted by molar-refractivity contribution is 0.0691. The van der Waals surface area contributed by atoms with Crippen molar-refractivity contribution in [2.45, 2.75) is 70.4 Å². The fourth-order valence-electron chi connectivity index (χ4n) is 5.35. The molecule has 8 heteroatoms. The number of pyridine rings is 2. The van der Waals surface area contributed by atoms with Crippen molar-refractivity contribution in [2.75, 3.05) is 25.1 Å². The van der Waals surface area contributed by atoms with E-state index in [4.69, 9.17) is 14.8 Å². The van der Waals surface area contributed by atoms with E-state index in [1.807, 2.05) is 23.0 Å². The van der Waals surface area contributed by atoms with Gasteiger partial charge in [-0.1, -0.05) is 33.1 Å². The maximum atomic E-state index is 12.0. The molecule has 180 valence electrons. The summed E-state index contributed by atoms with van der Waals surface area (Å²) in [5, 5.41) is 15.8. The maximum Gasteiger partial charge on any atom is 0.354 e. The molecule has 0 amide bonds. The molecule has 0 bridgehead atoms. The van der Waals surface area contributed by atoms with Gasteiger partial charge in [-0.2, -0.15) is 5.10 Å².